The van der Waals surface area contributed by atoms with Crippen molar-refractivity contribution in [3.63, 3.8) is 0 Å². The predicted molar refractivity (Wildman–Crippen MR) is 82.1 cm³/mol. The summed E-state index contributed by atoms with van der Waals surface area (Å²) in [5, 5.41) is 7.39. The van der Waals surface area contributed by atoms with Crippen molar-refractivity contribution in [2.45, 2.75) is 25.3 Å². The molecule has 3 aliphatic rings. The molecule has 2 aliphatic heterocycles. The molecule has 2 N–H and O–H groups in total. The molecule has 1 saturated carbocycles. The van der Waals surface area contributed by atoms with Crippen molar-refractivity contribution in [2.75, 3.05) is 0 Å². The van der Waals surface area contributed by atoms with Crippen LogP contribution in [-0.4, -0.2) is 33.4 Å². The van der Waals surface area contributed by atoms with Crippen LogP contribution in [0.4, 0.5) is 0 Å². The third-order valence-electron chi connectivity index (χ3n) is 4.35. The fourth-order valence-electron chi connectivity index (χ4n) is 3.23. The number of Topliss-reactive ketones (excluding diaryl/α,β-unsaturated/α-hetero) is 1. The van der Waals surface area contributed by atoms with E-state index in [0.29, 0.717) is 23.4 Å². The van der Waals surface area contributed by atoms with Crippen molar-refractivity contribution in [3.05, 3.63) is 47.7 Å². The predicted octanol–water partition coefficient (Wildman–Crippen LogP) is 0.462. The highest BCUT2D eigenvalue weighted by Crippen LogP contribution is 2.29. The van der Waals surface area contributed by atoms with E-state index in [1.54, 1.807) is 18.3 Å². The zero-order valence-corrected chi connectivity index (χ0v) is 12.3. The fourth-order valence-corrected chi connectivity index (χ4v) is 3.23. The summed E-state index contributed by atoms with van der Waals surface area (Å²) < 4.78 is 0. The molecule has 1 aromatic rings. The van der Waals surface area contributed by atoms with Crippen molar-refractivity contribution in [3.8, 4) is 0 Å². The second-order valence-electron chi connectivity index (χ2n) is 5.81. The average molecular weight is 309 g/mol. The lowest BCUT2D eigenvalue weighted by atomic mass is 9.85. The van der Waals surface area contributed by atoms with Gasteiger partial charge in [0.2, 0.25) is 0 Å². The summed E-state index contributed by atoms with van der Waals surface area (Å²) in [5.74, 6) is -0.0928. The number of fused-ring (bicyclic) bond motifs is 1. The largest absolute Gasteiger partial charge is 0.381 e. The Hall–Kier alpha value is -2.83. The SMILES string of the molecule is O=C1NN=C(c2ccncn2)/C1=C\C1=CC2C(=O)CCCC2N1. The molecule has 0 aromatic carbocycles. The van der Waals surface area contributed by atoms with Gasteiger partial charge in [-0.1, -0.05) is 0 Å². The average Bonchev–Trinajstić information content (AvgIpc) is 3.14. The first-order valence-electron chi connectivity index (χ1n) is 7.60. The summed E-state index contributed by atoms with van der Waals surface area (Å²) in [6.07, 6.45) is 9.20. The minimum absolute atomic E-state index is 0.0838. The van der Waals surface area contributed by atoms with Gasteiger partial charge in [-0.05, 0) is 31.1 Å². The van der Waals surface area contributed by atoms with E-state index in [1.165, 1.54) is 6.33 Å². The van der Waals surface area contributed by atoms with E-state index in [1.807, 2.05) is 6.08 Å². The number of carbonyl (C=O) groups is 2. The zero-order chi connectivity index (χ0) is 15.8. The van der Waals surface area contributed by atoms with Gasteiger partial charge in [0.15, 0.2) is 0 Å². The van der Waals surface area contributed by atoms with Crippen LogP contribution in [0.2, 0.25) is 0 Å². The summed E-state index contributed by atoms with van der Waals surface area (Å²) >= 11 is 0. The van der Waals surface area contributed by atoms with Crippen LogP contribution in [0.5, 0.6) is 0 Å². The minimum Gasteiger partial charge on any atom is -0.381 e. The number of hydrogen-bond donors (Lipinski definition) is 2. The molecule has 0 radical (unpaired) electrons. The molecule has 0 spiro atoms. The van der Waals surface area contributed by atoms with E-state index in [0.717, 1.165) is 18.5 Å². The zero-order valence-electron chi connectivity index (χ0n) is 12.3. The maximum atomic E-state index is 12.1. The number of allylic oxidation sites excluding steroid dienone is 1. The van der Waals surface area contributed by atoms with Crippen LogP contribution >= 0.6 is 0 Å². The molecule has 7 heteroatoms. The first-order chi connectivity index (χ1) is 11.2. The first-order valence-corrected chi connectivity index (χ1v) is 7.60. The molecular formula is C16H15N5O2. The van der Waals surface area contributed by atoms with Crippen LogP contribution in [0.25, 0.3) is 0 Å². The third-order valence-corrected chi connectivity index (χ3v) is 4.35. The van der Waals surface area contributed by atoms with Crippen LogP contribution in [0.15, 0.2) is 47.1 Å². The molecule has 3 heterocycles. The van der Waals surface area contributed by atoms with E-state index in [-0.39, 0.29) is 23.7 Å². The molecule has 7 nitrogen and oxygen atoms in total. The topological polar surface area (TPSA) is 96.3 Å². The van der Waals surface area contributed by atoms with Crippen LogP contribution in [0, 0.1) is 5.92 Å². The standard InChI is InChI=1S/C16H15N5O2/c22-14-3-1-2-12-10(14)6-9(19-12)7-11-15(20-21-16(11)23)13-4-5-17-8-18-13/h4-8,10,12,19H,1-3H2,(H,21,23)/b11-7+. The smallest absolute Gasteiger partial charge is 0.273 e. The van der Waals surface area contributed by atoms with Gasteiger partial charge in [0.25, 0.3) is 5.91 Å². The number of hydrazone groups is 1. The summed E-state index contributed by atoms with van der Waals surface area (Å²) in [7, 11) is 0. The molecule has 23 heavy (non-hydrogen) atoms. The first kappa shape index (κ1) is 13.8. The lowest BCUT2D eigenvalue weighted by Crippen LogP contribution is -2.36. The molecule has 2 unspecified atom stereocenters. The Labute approximate surface area is 132 Å². The molecular weight excluding hydrogens is 294 g/mol. The number of nitrogens with one attached hydrogen (secondary N) is 2. The number of carbonyl (C=O) groups excluding carboxylic acids is 2. The lowest BCUT2D eigenvalue weighted by molar-refractivity contribution is -0.123. The van der Waals surface area contributed by atoms with Gasteiger partial charge in [-0.25, -0.2) is 15.4 Å². The van der Waals surface area contributed by atoms with Crippen LogP contribution in [0.3, 0.4) is 0 Å². The van der Waals surface area contributed by atoms with E-state index in [9.17, 15) is 9.59 Å². The summed E-state index contributed by atoms with van der Waals surface area (Å²) in [6.45, 7) is 0. The summed E-state index contributed by atoms with van der Waals surface area (Å²) in [6, 6.07) is 1.85. The third kappa shape index (κ3) is 2.44. The molecule has 1 aliphatic carbocycles. The maximum absolute atomic E-state index is 12.1. The summed E-state index contributed by atoms with van der Waals surface area (Å²) in [5.41, 5.74) is 4.76. The number of aromatic nitrogens is 2. The second-order valence-corrected chi connectivity index (χ2v) is 5.81. The molecule has 4 rings (SSSR count). The van der Waals surface area contributed by atoms with Gasteiger partial charge in [0, 0.05) is 24.4 Å². The monoisotopic (exact) mass is 309 g/mol. The Kier molecular flexibility index (Phi) is 3.25. The highest BCUT2D eigenvalue weighted by molar-refractivity contribution is 6.30. The highest BCUT2D eigenvalue weighted by atomic mass is 16.2. The van der Waals surface area contributed by atoms with Gasteiger partial charge >= 0.3 is 0 Å². The Morgan fingerprint density at radius 3 is 3.00 bits per heavy atom. The van der Waals surface area contributed by atoms with Gasteiger partial charge in [0.05, 0.1) is 17.2 Å². The number of nitrogens with zero attached hydrogens (tertiary/aromatic N) is 3. The molecule has 2 atom stereocenters. The molecule has 1 aromatic heterocycles. The lowest BCUT2D eigenvalue weighted by Gasteiger charge is -2.23. The van der Waals surface area contributed by atoms with E-state index >= 15 is 0 Å². The highest BCUT2D eigenvalue weighted by Gasteiger charge is 2.35. The molecule has 0 bridgehead atoms. The second kappa shape index (κ2) is 5.42. The van der Waals surface area contributed by atoms with Crippen LogP contribution < -0.4 is 10.7 Å². The Balaban J connectivity index is 1.65. The molecule has 116 valence electrons. The van der Waals surface area contributed by atoms with Gasteiger partial charge in [-0.3, -0.25) is 9.59 Å². The van der Waals surface area contributed by atoms with Gasteiger partial charge < -0.3 is 5.32 Å². The van der Waals surface area contributed by atoms with Gasteiger partial charge in [-0.2, -0.15) is 5.10 Å². The number of hydrogen-bond acceptors (Lipinski definition) is 6. The maximum Gasteiger partial charge on any atom is 0.273 e. The Morgan fingerprint density at radius 2 is 2.22 bits per heavy atom. The quantitative estimate of drug-likeness (QED) is 0.774. The van der Waals surface area contributed by atoms with Crippen molar-refractivity contribution < 1.29 is 9.59 Å². The van der Waals surface area contributed by atoms with Crippen LogP contribution in [0.1, 0.15) is 25.0 Å². The van der Waals surface area contributed by atoms with Gasteiger partial charge in [-0.15, -0.1) is 0 Å². The van der Waals surface area contributed by atoms with Crippen molar-refractivity contribution >= 4 is 17.4 Å². The summed E-state index contributed by atoms with van der Waals surface area (Å²) in [4.78, 5) is 32.1. The van der Waals surface area contributed by atoms with Crippen LogP contribution in [-0.2, 0) is 9.59 Å². The Bertz CT molecular complexity index is 766. The normalized spacial score (nSPS) is 28.1. The fraction of sp³-hybridized carbons (Fsp3) is 0.312. The molecule has 1 fully saturated rings. The van der Waals surface area contributed by atoms with Gasteiger partial charge in [0.1, 0.15) is 17.8 Å². The van der Waals surface area contributed by atoms with Crippen molar-refractivity contribution in [1.82, 2.24) is 20.7 Å². The molecule has 1 amide bonds. The van der Waals surface area contributed by atoms with E-state index in [2.05, 4.69) is 25.8 Å². The van der Waals surface area contributed by atoms with E-state index in [4.69, 9.17) is 0 Å². The number of ketones is 1. The van der Waals surface area contributed by atoms with Crippen molar-refractivity contribution in [2.24, 2.45) is 11.0 Å². The minimum atomic E-state index is -0.275. The molecule has 0 saturated heterocycles. The van der Waals surface area contributed by atoms with Crippen molar-refractivity contribution in [1.29, 1.82) is 0 Å². The number of rotatable bonds is 2. The Morgan fingerprint density at radius 1 is 1.30 bits per heavy atom. The van der Waals surface area contributed by atoms with E-state index < -0.39 is 0 Å². The number of amides is 1.